The number of benzene rings is 2. The van der Waals surface area contributed by atoms with Crippen LogP contribution in [0.15, 0.2) is 76.8 Å². The number of sulfone groups is 1. The minimum Gasteiger partial charge on any atom is -0.454 e. The molecule has 3 heterocycles. The predicted octanol–water partition coefficient (Wildman–Crippen LogP) is 4.86. The fourth-order valence-electron chi connectivity index (χ4n) is 4.83. The molecule has 1 aliphatic carbocycles. The van der Waals surface area contributed by atoms with Crippen molar-refractivity contribution in [1.29, 1.82) is 0 Å². The molecule has 0 spiro atoms. The van der Waals surface area contributed by atoms with Crippen LogP contribution in [-0.2, 0) is 21.1 Å². The van der Waals surface area contributed by atoms with Gasteiger partial charge in [-0.2, -0.15) is 0 Å². The van der Waals surface area contributed by atoms with E-state index in [-0.39, 0.29) is 48.0 Å². The molecule has 0 radical (unpaired) electrons. The van der Waals surface area contributed by atoms with Gasteiger partial charge >= 0.3 is 0 Å². The Morgan fingerprint density at radius 3 is 2.62 bits per heavy atom. The molecule has 1 saturated carbocycles. The van der Waals surface area contributed by atoms with Crippen molar-refractivity contribution in [2.24, 2.45) is 5.92 Å². The first-order valence-corrected chi connectivity index (χ1v) is 15.4. The topological polar surface area (TPSA) is 110 Å². The van der Waals surface area contributed by atoms with Crippen molar-refractivity contribution in [2.45, 2.75) is 44.0 Å². The van der Waals surface area contributed by atoms with E-state index in [0.717, 1.165) is 24.5 Å². The molecule has 1 aliphatic heterocycles. The Morgan fingerprint density at radius 2 is 1.83 bits per heavy atom. The quantitative estimate of drug-likeness (QED) is 0.228. The highest BCUT2D eigenvalue weighted by Crippen LogP contribution is 2.34. The number of pyridine rings is 1. The van der Waals surface area contributed by atoms with Crippen molar-refractivity contribution in [2.75, 3.05) is 19.2 Å². The number of rotatable bonds is 11. The Labute approximate surface area is 242 Å². The number of fused-ring (bicyclic) bond motifs is 1. The molecule has 9 nitrogen and oxygen atoms in total. The molecular weight excluding hydrogens is 561 g/mol. The summed E-state index contributed by atoms with van der Waals surface area (Å²) in [6.07, 6.45) is 3.58. The Kier molecular flexibility index (Phi) is 7.78. The Bertz CT molecular complexity index is 1770. The van der Waals surface area contributed by atoms with Crippen molar-refractivity contribution in [3.8, 4) is 22.8 Å². The van der Waals surface area contributed by atoms with Crippen molar-refractivity contribution >= 4 is 9.84 Å². The Morgan fingerprint density at radius 1 is 1.05 bits per heavy atom. The average Bonchev–Trinajstić information content (AvgIpc) is 3.69. The zero-order valence-corrected chi connectivity index (χ0v) is 23.8. The molecule has 11 heteroatoms. The highest BCUT2D eigenvalue weighted by Gasteiger charge is 2.27. The molecule has 0 amide bonds. The summed E-state index contributed by atoms with van der Waals surface area (Å²) in [5.41, 5.74) is 1.66. The van der Waals surface area contributed by atoms with Crippen molar-refractivity contribution in [1.82, 2.24) is 14.5 Å². The lowest BCUT2D eigenvalue weighted by molar-refractivity contribution is 0.0431. The van der Waals surface area contributed by atoms with E-state index in [4.69, 9.17) is 14.2 Å². The Balaban J connectivity index is 1.25. The van der Waals surface area contributed by atoms with Crippen LogP contribution >= 0.6 is 0 Å². The lowest BCUT2D eigenvalue weighted by Crippen LogP contribution is -2.23. The van der Waals surface area contributed by atoms with Crippen molar-refractivity contribution in [3.05, 3.63) is 99.9 Å². The zero-order valence-electron chi connectivity index (χ0n) is 23.0. The van der Waals surface area contributed by atoms with Crippen LogP contribution in [0, 0.1) is 18.7 Å². The van der Waals surface area contributed by atoms with E-state index in [1.807, 2.05) is 30.3 Å². The maximum atomic E-state index is 14.8. The summed E-state index contributed by atoms with van der Waals surface area (Å²) in [6, 6.07) is 17.4. The van der Waals surface area contributed by atoms with E-state index < -0.39 is 21.2 Å². The van der Waals surface area contributed by atoms with E-state index in [1.54, 1.807) is 31.2 Å². The number of aryl methyl sites for hydroxylation is 1. The highest BCUT2D eigenvalue weighted by atomic mass is 32.2. The maximum Gasteiger partial charge on any atom is 0.286 e. The van der Waals surface area contributed by atoms with Crippen LogP contribution in [0.1, 0.15) is 42.2 Å². The van der Waals surface area contributed by atoms with E-state index in [9.17, 15) is 17.6 Å². The van der Waals surface area contributed by atoms with E-state index >= 15 is 0 Å². The smallest absolute Gasteiger partial charge is 0.286 e. The largest absolute Gasteiger partial charge is 0.454 e. The first-order chi connectivity index (χ1) is 20.2. The summed E-state index contributed by atoms with van der Waals surface area (Å²) in [4.78, 5) is 21.2. The molecule has 218 valence electrons. The number of halogens is 1. The highest BCUT2D eigenvalue weighted by molar-refractivity contribution is 7.91. The van der Waals surface area contributed by atoms with Gasteiger partial charge in [0.25, 0.3) is 5.56 Å². The lowest BCUT2D eigenvalue weighted by atomic mass is 10.1. The molecule has 4 aromatic rings. The van der Waals surface area contributed by atoms with E-state index in [1.165, 1.54) is 10.8 Å². The number of ether oxygens (including phenoxy) is 3. The van der Waals surface area contributed by atoms with Crippen molar-refractivity contribution in [3.63, 3.8) is 0 Å². The van der Waals surface area contributed by atoms with Crippen LogP contribution in [0.4, 0.5) is 4.39 Å². The monoisotopic (exact) mass is 591 g/mol. The van der Waals surface area contributed by atoms with Gasteiger partial charge in [0.1, 0.15) is 0 Å². The third-order valence-corrected chi connectivity index (χ3v) is 8.80. The van der Waals surface area contributed by atoms with Crippen molar-refractivity contribution < 1.29 is 27.0 Å². The molecule has 1 atom stereocenters. The van der Waals surface area contributed by atoms with Gasteiger partial charge in [-0.25, -0.2) is 22.8 Å². The first kappa shape index (κ1) is 28.0. The zero-order chi connectivity index (χ0) is 29.3. The summed E-state index contributed by atoms with van der Waals surface area (Å²) in [7, 11) is -3.91. The Hall–Kier alpha value is -4.09. The molecule has 2 aliphatic rings. The molecule has 0 bridgehead atoms. The van der Waals surface area contributed by atoms with Gasteiger partial charge in [0, 0.05) is 17.5 Å². The summed E-state index contributed by atoms with van der Waals surface area (Å²) < 4.78 is 59.8. The third kappa shape index (κ3) is 6.37. The second-order valence-electron chi connectivity index (χ2n) is 10.7. The number of aromatic nitrogens is 3. The van der Waals surface area contributed by atoms with E-state index in [0.29, 0.717) is 35.3 Å². The van der Waals surface area contributed by atoms with Gasteiger partial charge < -0.3 is 18.8 Å². The first-order valence-electron chi connectivity index (χ1n) is 13.8. The lowest BCUT2D eigenvalue weighted by Gasteiger charge is -2.18. The van der Waals surface area contributed by atoms with Gasteiger partial charge in [0.05, 0.1) is 30.7 Å². The normalized spacial score (nSPS) is 15.1. The van der Waals surface area contributed by atoms with Gasteiger partial charge in [-0.1, -0.05) is 36.4 Å². The fourth-order valence-corrected chi connectivity index (χ4v) is 6.05. The van der Waals surface area contributed by atoms with Gasteiger partial charge in [-0.15, -0.1) is 0 Å². The van der Waals surface area contributed by atoms with Crippen LogP contribution in [0.2, 0.25) is 0 Å². The molecule has 1 unspecified atom stereocenters. The summed E-state index contributed by atoms with van der Waals surface area (Å²) in [5, 5.41) is -0.347. The molecular formula is C31H30FN3O6S. The molecule has 6 rings (SSSR count). The van der Waals surface area contributed by atoms with Gasteiger partial charge in [-0.05, 0) is 67.5 Å². The summed E-state index contributed by atoms with van der Waals surface area (Å²) in [6.45, 7) is 2.42. The number of hydrogen-bond acceptors (Lipinski definition) is 8. The van der Waals surface area contributed by atoms with Crippen LogP contribution in [0.5, 0.6) is 11.5 Å². The average molecular weight is 592 g/mol. The maximum absolute atomic E-state index is 14.8. The molecule has 2 aromatic heterocycles. The predicted molar refractivity (Wildman–Crippen MR) is 153 cm³/mol. The molecule has 1 fully saturated rings. The standard InChI is InChI=1S/C31H30FN3O6S/c1-20-13-26(24-15-25(32)30(36)35(17-24)16-22-9-10-28-29(14-22)41-19-40-28)34-31(33-20)42(37,38)12-11-27(39-18-21-7-8-21)23-5-3-2-4-6-23/h2-6,9-10,13-15,17,21,27H,7-8,11-12,16,18-19H2,1H3. The van der Waals surface area contributed by atoms with Crippen LogP contribution in [0.3, 0.4) is 0 Å². The summed E-state index contributed by atoms with van der Waals surface area (Å²) >= 11 is 0. The minimum absolute atomic E-state index is 0.0667. The minimum atomic E-state index is -3.91. The summed E-state index contributed by atoms with van der Waals surface area (Å²) in [5.74, 6) is 0.473. The van der Waals surface area contributed by atoms with E-state index in [2.05, 4.69) is 9.97 Å². The third-order valence-electron chi connectivity index (χ3n) is 7.29. The number of hydrogen-bond donors (Lipinski definition) is 0. The second-order valence-corrected chi connectivity index (χ2v) is 12.7. The fraction of sp³-hybridized carbons (Fsp3) is 0.323. The van der Waals surface area contributed by atoms with Crippen LogP contribution in [-0.4, -0.2) is 42.1 Å². The van der Waals surface area contributed by atoms with Crippen LogP contribution in [0.25, 0.3) is 11.3 Å². The van der Waals surface area contributed by atoms with Crippen LogP contribution < -0.4 is 15.0 Å². The second kappa shape index (κ2) is 11.7. The molecule has 2 aromatic carbocycles. The molecule has 0 saturated heterocycles. The van der Waals surface area contributed by atoms with Gasteiger partial charge in [0.2, 0.25) is 21.8 Å². The van der Waals surface area contributed by atoms with Gasteiger partial charge in [0.15, 0.2) is 17.3 Å². The molecule has 0 N–H and O–H groups in total. The molecule has 42 heavy (non-hydrogen) atoms. The number of nitrogens with zero attached hydrogens (tertiary/aromatic N) is 3. The van der Waals surface area contributed by atoms with Gasteiger partial charge in [-0.3, -0.25) is 4.79 Å². The SMILES string of the molecule is Cc1cc(-c2cc(F)c(=O)n(Cc3ccc4c(c3)OCO4)c2)nc(S(=O)(=O)CCC(OCC2CC2)c2ccccc2)n1.